The van der Waals surface area contributed by atoms with Gasteiger partial charge in [-0.2, -0.15) is 0 Å². The molecule has 1 heterocycles. The Morgan fingerprint density at radius 1 is 1.08 bits per heavy atom. The lowest BCUT2D eigenvalue weighted by Crippen LogP contribution is -2.32. The number of benzene rings is 2. The minimum atomic E-state index is -3.69. The first-order chi connectivity index (χ1) is 18.4. The fourth-order valence-corrected chi connectivity index (χ4v) is 5.19. The minimum absolute atomic E-state index is 0.0320. The van der Waals surface area contributed by atoms with Crippen molar-refractivity contribution in [1.29, 1.82) is 0 Å². The molecule has 10 nitrogen and oxygen atoms in total. The van der Waals surface area contributed by atoms with Crippen LogP contribution in [-0.2, 0) is 19.6 Å². The molecule has 2 aromatic rings. The van der Waals surface area contributed by atoms with Crippen LogP contribution < -0.4 is 9.47 Å². The van der Waals surface area contributed by atoms with Crippen molar-refractivity contribution in [1.82, 2.24) is 14.1 Å². The molecule has 0 saturated carbocycles. The Morgan fingerprint density at radius 3 is 2.31 bits per heavy atom. The number of hydrogen-bond acceptors (Lipinski definition) is 8. The maximum atomic E-state index is 13.3. The number of rotatable bonds is 12. The summed E-state index contributed by atoms with van der Waals surface area (Å²) in [5.41, 5.74) is 0.673. The van der Waals surface area contributed by atoms with E-state index in [9.17, 15) is 23.1 Å². The van der Waals surface area contributed by atoms with Gasteiger partial charge in [0.05, 0.1) is 23.6 Å². The van der Waals surface area contributed by atoms with E-state index >= 15 is 0 Å². The van der Waals surface area contributed by atoms with E-state index < -0.39 is 33.5 Å². The van der Waals surface area contributed by atoms with Crippen LogP contribution in [0.2, 0.25) is 0 Å². The van der Waals surface area contributed by atoms with E-state index in [4.69, 9.17) is 9.47 Å². The third-order valence-corrected chi connectivity index (χ3v) is 8.14. The van der Waals surface area contributed by atoms with Gasteiger partial charge in [0.15, 0.2) is 11.5 Å². The Bertz CT molecular complexity index is 1370. The van der Waals surface area contributed by atoms with Gasteiger partial charge in [-0.25, -0.2) is 12.7 Å². The van der Waals surface area contributed by atoms with E-state index in [-0.39, 0.29) is 29.2 Å². The van der Waals surface area contributed by atoms with E-state index in [2.05, 4.69) is 6.58 Å². The van der Waals surface area contributed by atoms with E-state index in [1.807, 2.05) is 19.0 Å². The molecule has 1 aliphatic heterocycles. The van der Waals surface area contributed by atoms with Crippen molar-refractivity contribution >= 4 is 27.5 Å². The van der Waals surface area contributed by atoms with Crippen molar-refractivity contribution in [2.24, 2.45) is 0 Å². The molecule has 0 bridgehead atoms. The number of Topliss-reactive ketones (excluding diaryl/α,β-unsaturated/α-hetero) is 1. The molecule has 39 heavy (non-hydrogen) atoms. The number of nitrogens with zero attached hydrogens (tertiary/aromatic N) is 3. The summed E-state index contributed by atoms with van der Waals surface area (Å²) >= 11 is 0. The summed E-state index contributed by atoms with van der Waals surface area (Å²) in [6, 6.07) is 9.70. The van der Waals surface area contributed by atoms with Crippen molar-refractivity contribution in [2.45, 2.75) is 17.4 Å². The first-order valence-corrected chi connectivity index (χ1v) is 13.8. The molecule has 1 aliphatic rings. The normalized spacial score (nSPS) is 17.2. The van der Waals surface area contributed by atoms with Crippen molar-refractivity contribution in [2.75, 3.05) is 55.0 Å². The van der Waals surface area contributed by atoms with Gasteiger partial charge in [0, 0.05) is 26.2 Å². The molecular weight excluding hydrogens is 522 g/mol. The van der Waals surface area contributed by atoms with Gasteiger partial charge in [0.1, 0.15) is 12.4 Å². The number of hydrogen-bond donors (Lipinski definition) is 1. The Morgan fingerprint density at radius 2 is 1.74 bits per heavy atom. The van der Waals surface area contributed by atoms with E-state index in [1.54, 1.807) is 24.3 Å². The molecule has 1 N–H and O–H groups in total. The predicted octanol–water partition coefficient (Wildman–Crippen LogP) is 2.88. The van der Waals surface area contributed by atoms with E-state index in [0.29, 0.717) is 30.0 Å². The highest BCUT2D eigenvalue weighted by Gasteiger charge is 2.46. The van der Waals surface area contributed by atoms with Crippen LogP contribution in [0.25, 0.3) is 5.76 Å². The molecule has 1 atom stereocenters. The average molecular weight is 558 g/mol. The molecule has 2 aromatic carbocycles. The van der Waals surface area contributed by atoms with Gasteiger partial charge < -0.3 is 24.4 Å². The number of aliphatic hydroxyl groups excluding tert-OH is 1. The largest absolute Gasteiger partial charge is 0.507 e. The van der Waals surface area contributed by atoms with Gasteiger partial charge in [-0.1, -0.05) is 18.7 Å². The van der Waals surface area contributed by atoms with Crippen LogP contribution in [0, 0.1) is 0 Å². The third kappa shape index (κ3) is 6.32. The molecule has 1 fully saturated rings. The van der Waals surface area contributed by atoms with E-state index in [0.717, 1.165) is 4.31 Å². The monoisotopic (exact) mass is 557 g/mol. The number of carbonyl (C=O) groups excluding carboxylic acids is 2. The van der Waals surface area contributed by atoms with Crippen LogP contribution in [0.4, 0.5) is 0 Å². The second-order valence-electron chi connectivity index (χ2n) is 9.47. The maximum Gasteiger partial charge on any atom is 0.295 e. The quantitative estimate of drug-likeness (QED) is 0.183. The summed E-state index contributed by atoms with van der Waals surface area (Å²) in [7, 11) is 4.47. The van der Waals surface area contributed by atoms with Crippen LogP contribution in [0.3, 0.4) is 0 Å². The van der Waals surface area contributed by atoms with Crippen molar-refractivity contribution in [3.63, 3.8) is 0 Å². The third-order valence-electron chi connectivity index (χ3n) is 6.31. The van der Waals surface area contributed by atoms with Crippen LogP contribution in [0.5, 0.6) is 11.5 Å². The number of sulfonamides is 1. The second kappa shape index (κ2) is 12.5. The first kappa shape index (κ1) is 29.9. The smallest absolute Gasteiger partial charge is 0.295 e. The van der Waals surface area contributed by atoms with Crippen molar-refractivity contribution < 1.29 is 32.6 Å². The lowest BCUT2D eigenvalue weighted by molar-refractivity contribution is -0.139. The highest BCUT2D eigenvalue weighted by Crippen LogP contribution is 2.42. The van der Waals surface area contributed by atoms with Gasteiger partial charge in [-0.3, -0.25) is 9.59 Å². The molecule has 0 aliphatic carbocycles. The maximum absolute atomic E-state index is 13.3. The summed E-state index contributed by atoms with van der Waals surface area (Å²) < 4.78 is 37.1. The summed E-state index contributed by atoms with van der Waals surface area (Å²) in [6.07, 6.45) is 2.20. The second-order valence-corrected chi connectivity index (χ2v) is 11.6. The molecule has 0 aromatic heterocycles. The Balaban J connectivity index is 2.13. The summed E-state index contributed by atoms with van der Waals surface area (Å²) in [4.78, 5) is 30.0. The number of ketones is 1. The fraction of sp³-hybridized carbons (Fsp3) is 0.357. The van der Waals surface area contributed by atoms with Crippen LogP contribution in [0.1, 0.15) is 23.6 Å². The molecule has 1 saturated heterocycles. The highest BCUT2D eigenvalue weighted by molar-refractivity contribution is 7.89. The zero-order chi connectivity index (χ0) is 28.9. The number of ether oxygens (including phenoxy) is 2. The Hall–Kier alpha value is -3.67. The van der Waals surface area contributed by atoms with Gasteiger partial charge in [0.25, 0.3) is 11.7 Å². The number of amides is 1. The molecule has 0 radical (unpaired) electrons. The standard InChI is InChI=1S/C28H35N3O7S/c1-7-17-38-22-14-11-20(18-23(22)37-6)25-24(27(33)28(34)31(25)16-8-15-29(2)3)26(32)19-9-12-21(13-10-19)39(35,36)30(4)5/h7,9-14,18,25,32H,1,8,15-17H2,2-6H3/b26-24+. The van der Waals surface area contributed by atoms with Gasteiger partial charge in [-0.05, 0) is 69.0 Å². The summed E-state index contributed by atoms with van der Waals surface area (Å²) in [6.45, 7) is 4.88. The molecular formula is C28H35N3O7S. The van der Waals surface area contributed by atoms with Crippen molar-refractivity contribution in [3.05, 3.63) is 71.8 Å². The highest BCUT2D eigenvalue weighted by atomic mass is 32.2. The van der Waals surface area contributed by atoms with Crippen molar-refractivity contribution in [3.8, 4) is 11.5 Å². The van der Waals surface area contributed by atoms with Gasteiger partial charge >= 0.3 is 0 Å². The molecule has 1 amide bonds. The molecule has 1 unspecified atom stereocenters. The minimum Gasteiger partial charge on any atom is -0.507 e. The topological polar surface area (TPSA) is 117 Å². The lowest BCUT2D eigenvalue weighted by atomic mass is 9.95. The van der Waals surface area contributed by atoms with Crippen LogP contribution >= 0.6 is 0 Å². The lowest BCUT2D eigenvalue weighted by Gasteiger charge is -2.26. The predicted molar refractivity (Wildman–Crippen MR) is 148 cm³/mol. The van der Waals surface area contributed by atoms with E-state index in [1.165, 1.54) is 50.4 Å². The fourth-order valence-electron chi connectivity index (χ4n) is 4.29. The van der Waals surface area contributed by atoms with Gasteiger partial charge in [-0.15, -0.1) is 0 Å². The summed E-state index contributed by atoms with van der Waals surface area (Å²) in [5, 5.41) is 11.3. The van der Waals surface area contributed by atoms with Crippen LogP contribution in [-0.4, -0.2) is 94.3 Å². The van der Waals surface area contributed by atoms with Gasteiger partial charge in [0.2, 0.25) is 10.0 Å². The summed E-state index contributed by atoms with van der Waals surface area (Å²) in [5.74, 6) is -1.08. The molecule has 3 rings (SSSR count). The first-order valence-electron chi connectivity index (χ1n) is 12.3. The number of carbonyl (C=O) groups is 2. The Labute approximate surface area is 229 Å². The average Bonchev–Trinajstić information content (AvgIpc) is 3.16. The number of methoxy groups -OCH3 is 1. The zero-order valence-corrected chi connectivity index (χ0v) is 23.7. The molecule has 11 heteroatoms. The molecule has 0 spiro atoms. The zero-order valence-electron chi connectivity index (χ0n) is 22.9. The Kier molecular flexibility index (Phi) is 9.54. The number of likely N-dealkylation sites (tertiary alicyclic amines) is 1. The van der Waals surface area contributed by atoms with Crippen LogP contribution in [0.15, 0.2) is 65.6 Å². The molecule has 210 valence electrons. The SMILES string of the molecule is C=CCOc1ccc(C2/C(=C(\O)c3ccc(S(=O)(=O)N(C)C)cc3)C(=O)C(=O)N2CCCN(C)C)cc1OC. The number of aliphatic hydroxyl groups is 1.